The van der Waals surface area contributed by atoms with Crippen LogP contribution in [-0.2, 0) is 6.61 Å². The van der Waals surface area contributed by atoms with Gasteiger partial charge in [0.05, 0.1) is 0 Å². The zero-order valence-corrected chi connectivity index (χ0v) is 13.7. The summed E-state index contributed by atoms with van der Waals surface area (Å²) >= 11 is 7.21. The topological polar surface area (TPSA) is 39.2 Å². The fourth-order valence-electron chi connectivity index (χ4n) is 1.98. The highest BCUT2D eigenvalue weighted by atomic mass is 35.5. The van der Waals surface area contributed by atoms with Crippen molar-refractivity contribution >= 4 is 28.6 Å². The zero-order valence-electron chi connectivity index (χ0n) is 12.1. The summed E-state index contributed by atoms with van der Waals surface area (Å²) in [4.78, 5) is 16.9. The van der Waals surface area contributed by atoms with Crippen LogP contribution in [0.2, 0.25) is 0 Å². The number of carbonyl (C=O) groups is 1. The molecule has 3 nitrogen and oxygen atoms in total. The van der Waals surface area contributed by atoms with Crippen LogP contribution in [-0.4, -0.2) is 16.5 Å². The van der Waals surface area contributed by atoms with Crippen LogP contribution in [0.1, 0.15) is 27.2 Å². The Kier molecular flexibility index (Phi) is 5.26. The Morgan fingerprint density at radius 2 is 2.05 bits per heavy atom. The number of thioether (sulfide) groups is 1. The molecule has 0 atom stereocenters. The zero-order chi connectivity index (χ0) is 15.4. The second-order valence-corrected chi connectivity index (χ2v) is 5.81. The third-order valence-electron chi connectivity index (χ3n) is 3.11. The van der Waals surface area contributed by atoms with E-state index >= 15 is 0 Å². The highest BCUT2D eigenvalue weighted by molar-refractivity contribution is 7.98. The van der Waals surface area contributed by atoms with Gasteiger partial charge in [0.1, 0.15) is 6.61 Å². The molecule has 1 heterocycles. The van der Waals surface area contributed by atoms with Gasteiger partial charge in [-0.2, -0.15) is 0 Å². The molecule has 0 saturated heterocycles. The van der Waals surface area contributed by atoms with Gasteiger partial charge in [-0.3, -0.25) is 4.79 Å². The average Bonchev–Trinajstić information content (AvgIpc) is 2.47. The number of aryl methyl sites for hydroxylation is 2. The van der Waals surface area contributed by atoms with Gasteiger partial charge in [0.2, 0.25) is 5.88 Å². The molecule has 0 fully saturated rings. The number of pyridine rings is 1. The molecule has 110 valence electrons. The van der Waals surface area contributed by atoms with Gasteiger partial charge in [0.25, 0.3) is 5.24 Å². The first-order valence-corrected chi connectivity index (χ1v) is 8.06. The second-order valence-electron chi connectivity index (χ2n) is 4.62. The molecular formula is C16H16ClNO2S. The van der Waals surface area contributed by atoms with E-state index in [1.54, 1.807) is 17.8 Å². The first-order chi connectivity index (χ1) is 10.0. The molecule has 5 heteroatoms. The lowest BCUT2D eigenvalue weighted by Gasteiger charge is -2.13. The quantitative estimate of drug-likeness (QED) is 0.605. The maximum absolute atomic E-state index is 11.6. The Labute approximate surface area is 133 Å². The van der Waals surface area contributed by atoms with Crippen molar-refractivity contribution in [2.45, 2.75) is 25.3 Å². The monoisotopic (exact) mass is 321 g/mol. The molecule has 0 aliphatic rings. The molecule has 0 aliphatic carbocycles. The fraction of sp³-hybridized carbons (Fsp3) is 0.250. The van der Waals surface area contributed by atoms with E-state index in [2.05, 4.69) is 4.98 Å². The predicted molar refractivity (Wildman–Crippen MR) is 86.4 cm³/mol. The average molecular weight is 322 g/mol. The van der Waals surface area contributed by atoms with Crippen molar-refractivity contribution in [3.8, 4) is 5.88 Å². The number of nitrogens with zero attached hydrogens (tertiary/aromatic N) is 1. The minimum Gasteiger partial charge on any atom is -0.473 e. The number of hydrogen-bond acceptors (Lipinski definition) is 4. The van der Waals surface area contributed by atoms with Crippen LogP contribution in [0.3, 0.4) is 0 Å². The summed E-state index contributed by atoms with van der Waals surface area (Å²) in [5.41, 5.74) is 3.13. The molecule has 0 saturated carbocycles. The molecule has 21 heavy (non-hydrogen) atoms. The molecule has 1 aromatic heterocycles. The summed E-state index contributed by atoms with van der Waals surface area (Å²) in [6, 6.07) is 9.38. The van der Waals surface area contributed by atoms with E-state index in [-0.39, 0.29) is 6.61 Å². The van der Waals surface area contributed by atoms with Crippen molar-refractivity contribution in [2.24, 2.45) is 0 Å². The Balaban J connectivity index is 2.31. The lowest BCUT2D eigenvalue weighted by Crippen LogP contribution is -2.06. The van der Waals surface area contributed by atoms with Crippen molar-refractivity contribution in [1.29, 1.82) is 0 Å². The van der Waals surface area contributed by atoms with Gasteiger partial charge in [0, 0.05) is 27.3 Å². The van der Waals surface area contributed by atoms with Crippen molar-refractivity contribution in [2.75, 3.05) is 6.26 Å². The standard InChI is InChI=1S/C16H16ClNO2S/c1-10-7-8-11(2)18-16(10)20-9-13-12(15(17)19)5-4-6-14(13)21-3/h4-8H,9H2,1-3H3. The Bertz CT molecular complexity index is 673. The molecule has 2 rings (SSSR count). The van der Waals surface area contributed by atoms with Gasteiger partial charge in [-0.15, -0.1) is 11.8 Å². The van der Waals surface area contributed by atoms with Crippen LogP contribution >= 0.6 is 23.4 Å². The van der Waals surface area contributed by atoms with E-state index in [4.69, 9.17) is 16.3 Å². The number of benzene rings is 1. The SMILES string of the molecule is CSc1cccc(C(=O)Cl)c1COc1nc(C)ccc1C. The summed E-state index contributed by atoms with van der Waals surface area (Å²) < 4.78 is 5.80. The number of aromatic nitrogens is 1. The van der Waals surface area contributed by atoms with Crippen molar-refractivity contribution < 1.29 is 9.53 Å². The summed E-state index contributed by atoms with van der Waals surface area (Å²) in [6.45, 7) is 4.12. The highest BCUT2D eigenvalue weighted by Crippen LogP contribution is 2.26. The van der Waals surface area contributed by atoms with Crippen LogP contribution in [0.25, 0.3) is 0 Å². The van der Waals surface area contributed by atoms with Crippen molar-refractivity contribution in [3.05, 3.63) is 52.7 Å². The third-order valence-corrected chi connectivity index (χ3v) is 4.13. The fourth-order valence-corrected chi connectivity index (χ4v) is 2.79. The molecule has 0 N–H and O–H groups in total. The minimum atomic E-state index is -0.474. The van der Waals surface area contributed by atoms with Crippen LogP contribution in [0.15, 0.2) is 35.2 Å². The maximum atomic E-state index is 11.6. The van der Waals surface area contributed by atoms with E-state index in [0.29, 0.717) is 11.4 Å². The lowest BCUT2D eigenvalue weighted by atomic mass is 10.1. The number of halogens is 1. The first kappa shape index (κ1) is 15.9. The van der Waals surface area contributed by atoms with E-state index < -0.39 is 5.24 Å². The van der Waals surface area contributed by atoms with E-state index in [9.17, 15) is 4.79 Å². The van der Waals surface area contributed by atoms with Crippen molar-refractivity contribution in [3.63, 3.8) is 0 Å². The smallest absolute Gasteiger partial charge is 0.252 e. The second kappa shape index (κ2) is 6.96. The summed E-state index contributed by atoms with van der Waals surface area (Å²) in [5, 5.41) is -0.474. The van der Waals surface area contributed by atoms with Gasteiger partial charge in [0.15, 0.2) is 0 Å². The minimum absolute atomic E-state index is 0.266. The number of hydrogen-bond donors (Lipinski definition) is 0. The molecule has 1 aromatic carbocycles. The molecule has 2 aromatic rings. The highest BCUT2D eigenvalue weighted by Gasteiger charge is 2.14. The van der Waals surface area contributed by atoms with Crippen LogP contribution in [0.4, 0.5) is 0 Å². The van der Waals surface area contributed by atoms with Crippen LogP contribution in [0, 0.1) is 13.8 Å². The van der Waals surface area contributed by atoms with Crippen LogP contribution in [0.5, 0.6) is 5.88 Å². The Morgan fingerprint density at radius 1 is 1.29 bits per heavy atom. The number of ether oxygens (including phenoxy) is 1. The molecule has 0 spiro atoms. The summed E-state index contributed by atoms with van der Waals surface area (Å²) in [5.74, 6) is 0.582. The Hall–Kier alpha value is -1.52. The van der Waals surface area contributed by atoms with Gasteiger partial charge in [-0.05, 0) is 49.9 Å². The van der Waals surface area contributed by atoms with Gasteiger partial charge < -0.3 is 4.74 Å². The normalized spacial score (nSPS) is 10.5. The summed E-state index contributed by atoms with van der Waals surface area (Å²) in [7, 11) is 0. The van der Waals surface area contributed by atoms with Crippen LogP contribution < -0.4 is 4.74 Å². The lowest BCUT2D eigenvalue weighted by molar-refractivity contribution is 0.107. The number of carbonyl (C=O) groups excluding carboxylic acids is 1. The molecular weight excluding hydrogens is 306 g/mol. The van der Waals surface area contributed by atoms with Crippen molar-refractivity contribution in [1.82, 2.24) is 4.98 Å². The third kappa shape index (κ3) is 3.77. The van der Waals surface area contributed by atoms with Gasteiger partial charge in [-0.25, -0.2) is 4.98 Å². The molecule has 0 aliphatic heterocycles. The van der Waals surface area contributed by atoms with Gasteiger partial charge in [-0.1, -0.05) is 12.1 Å². The molecule has 0 unspecified atom stereocenters. The van der Waals surface area contributed by atoms with E-state index in [1.807, 2.05) is 44.4 Å². The van der Waals surface area contributed by atoms with Gasteiger partial charge >= 0.3 is 0 Å². The first-order valence-electron chi connectivity index (χ1n) is 6.45. The maximum Gasteiger partial charge on any atom is 0.252 e. The summed E-state index contributed by atoms with van der Waals surface area (Å²) in [6.07, 6.45) is 1.96. The molecule has 0 radical (unpaired) electrons. The largest absolute Gasteiger partial charge is 0.473 e. The Morgan fingerprint density at radius 3 is 2.71 bits per heavy atom. The predicted octanol–water partition coefficient (Wildman–Crippen LogP) is 4.38. The van der Waals surface area contributed by atoms with E-state index in [0.717, 1.165) is 21.7 Å². The molecule has 0 bridgehead atoms. The number of rotatable bonds is 5. The molecule has 0 amide bonds. The van der Waals surface area contributed by atoms with E-state index in [1.165, 1.54) is 0 Å².